The number of hydrogen-bond acceptors (Lipinski definition) is 3. The van der Waals surface area contributed by atoms with Gasteiger partial charge in [0.2, 0.25) is 0 Å². The molecule has 0 aliphatic carbocycles. The monoisotopic (exact) mass is 258 g/mol. The summed E-state index contributed by atoms with van der Waals surface area (Å²) in [6.07, 6.45) is 0. The average molecular weight is 258 g/mol. The number of hydrogen-bond donors (Lipinski definition) is 1. The number of halogens is 1. The minimum Gasteiger partial charge on any atom is -0.408 e. The van der Waals surface area contributed by atoms with Gasteiger partial charge in [-0.25, -0.2) is 9.18 Å². The third-order valence-electron chi connectivity index (χ3n) is 2.92. The van der Waals surface area contributed by atoms with Crippen molar-refractivity contribution in [2.24, 2.45) is 0 Å². The van der Waals surface area contributed by atoms with Gasteiger partial charge >= 0.3 is 5.76 Å². The summed E-state index contributed by atoms with van der Waals surface area (Å²) in [6.45, 7) is 0.257. The smallest absolute Gasteiger partial charge is 0.408 e. The molecule has 0 fully saturated rings. The normalized spacial score (nSPS) is 11.0. The Hall–Kier alpha value is -2.56. The van der Waals surface area contributed by atoms with Crippen molar-refractivity contribution < 1.29 is 8.81 Å². The van der Waals surface area contributed by atoms with Gasteiger partial charge in [-0.3, -0.25) is 4.57 Å². The molecule has 3 aromatic rings. The molecular formula is C14H11FN2O2. The fraction of sp³-hybridized carbons (Fsp3) is 0.0714. The van der Waals surface area contributed by atoms with Crippen LogP contribution in [0.5, 0.6) is 0 Å². The van der Waals surface area contributed by atoms with E-state index in [0.717, 1.165) is 0 Å². The Morgan fingerprint density at radius 2 is 2.05 bits per heavy atom. The molecule has 96 valence electrons. The van der Waals surface area contributed by atoms with E-state index in [1.54, 1.807) is 30.3 Å². The molecule has 0 aliphatic heterocycles. The van der Waals surface area contributed by atoms with Crippen molar-refractivity contribution in [2.75, 3.05) is 5.73 Å². The van der Waals surface area contributed by atoms with Gasteiger partial charge in [0, 0.05) is 11.8 Å². The molecule has 2 aromatic carbocycles. The highest BCUT2D eigenvalue weighted by Gasteiger charge is 2.10. The van der Waals surface area contributed by atoms with Crippen LogP contribution < -0.4 is 11.5 Å². The molecule has 1 heterocycles. The number of aromatic nitrogens is 1. The number of anilines is 1. The van der Waals surface area contributed by atoms with E-state index in [4.69, 9.17) is 10.2 Å². The van der Waals surface area contributed by atoms with Crippen LogP contribution in [0.15, 0.2) is 51.7 Å². The van der Waals surface area contributed by atoms with Gasteiger partial charge < -0.3 is 10.2 Å². The summed E-state index contributed by atoms with van der Waals surface area (Å²) in [6, 6.07) is 11.1. The third-order valence-corrected chi connectivity index (χ3v) is 2.92. The molecule has 4 nitrogen and oxygen atoms in total. The Balaban J connectivity index is 2.10. The molecule has 0 spiro atoms. The van der Waals surface area contributed by atoms with Gasteiger partial charge in [-0.05, 0) is 29.8 Å². The van der Waals surface area contributed by atoms with E-state index in [0.29, 0.717) is 22.4 Å². The van der Waals surface area contributed by atoms with Crippen LogP contribution >= 0.6 is 0 Å². The highest BCUT2D eigenvalue weighted by Crippen LogP contribution is 2.17. The van der Waals surface area contributed by atoms with Gasteiger partial charge in [-0.2, -0.15) is 0 Å². The molecule has 0 saturated carbocycles. The maximum Gasteiger partial charge on any atom is 0.420 e. The van der Waals surface area contributed by atoms with Crippen molar-refractivity contribution in [2.45, 2.75) is 6.54 Å². The second-order valence-electron chi connectivity index (χ2n) is 4.31. The third kappa shape index (κ3) is 2.10. The van der Waals surface area contributed by atoms with Gasteiger partial charge in [-0.15, -0.1) is 0 Å². The van der Waals surface area contributed by atoms with Crippen molar-refractivity contribution in [3.05, 3.63) is 64.4 Å². The van der Waals surface area contributed by atoms with Gasteiger partial charge in [0.25, 0.3) is 0 Å². The summed E-state index contributed by atoms with van der Waals surface area (Å²) in [4.78, 5) is 11.8. The Kier molecular flexibility index (Phi) is 2.59. The zero-order valence-corrected chi connectivity index (χ0v) is 9.97. The SMILES string of the molecule is Nc1ccc2c(c1)oc(=O)n2Cc1cccc(F)c1. The lowest BCUT2D eigenvalue weighted by Gasteiger charge is -2.02. The number of nitrogens with zero attached hydrogens (tertiary/aromatic N) is 1. The second kappa shape index (κ2) is 4.28. The summed E-state index contributed by atoms with van der Waals surface area (Å²) in [7, 11) is 0. The van der Waals surface area contributed by atoms with Crippen molar-refractivity contribution in [1.29, 1.82) is 0 Å². The van der Waals surface area contributed by atoms with Crippen LogP contribution in [0.1, 0.15) is 5.56 Å². The largest absolute Gasteiger partial charge is 0.420 e. The number of oxazole rings is 1. The first-order valence-electron chi connectivity index (χ1n) is 5.77. The summed E-state index contributed by atoms with van der Waals surface area (Å²) >= 11 is 0. The lowest BCUT2D eigenvalue weighted by atomic mass is 10.2. The first-order valence-corrected chi connectivity index (χ1v) is 5.77. The number of benzene rings is 2. The van der Waals surface area contributed by atoms with E-state index in [9.17, 15) is 9.18 Å². The summed E-state index contributed by atoms with van der Waals surface area (Å²) < 4.78 is 19.7. The van der Waals surface area contributed by atoms with Gasteiger partial charge in [0.05, 0.1) is 12.1 Å². The van der Waals surface area contributed by atoms with Gasteiger partial charge in [0.15, 0.2) is 5.58 Å². The van der Waals surface area contributed by atoms with Crippen LogP contribution in [0.3, 0.4) is 0 Å². The zero-order chi connectivity index (χ0) is 13.4. The number of nitrogen functional groups attached to an aromatic ring is 1. The molecule has 2 N–H and O–H groups in total. The predicted octanol–water partition coefficient (Wildman–Crippen LogP) is 2.36. The molecular weight excluding hydrogens is 247 g/mol. The Labute approximate surface area is 107 Å². The van der Waals surface area contributed by atoms with E-state index in [-0.39, 0.29) is 12.4 Å². The topological polar surface area (TPSA) is 61.2 Å². The van der Waals surface area contributed by atoms with Crippen molar-refractivity contribution in [3.63, 3.8) is 0 Å². The molecule has 19 heavy (non-hydrogen) atoms. The maximum atomic E-state index is 13.1. The van der Waals surface area contributed by atoms with Crippen LogP contribution in [0.2, 0.25) is 0 Å². The second-order valence-corrected chi connectivity index (χ2v) is 4.31. The Morgan fingerprint density at radius 3 is 2.84 bits per heavy atom. The summed E-state index contributed by atoms with van der Waals surface area (Å²) in [5.41, 5.74) is 7.93. The van der Waals surface area contributed by atoms with E-state index in [1.165, 1.54) is 16.7 Å². The summed E-state index contributed by atoms with van der Waals surface area (Å²) in [5, 5.41) is 0. The lowest BCUT2D eigenvalue weighted by molar-refractivity contribution is 0.517. The Morgan fingerprint density at radius 1 is 1.21 bits per heavy atom. The highest BCUT2D eigenvalue weighted by atomic mass is 19.1. The fourth-order valence-electron chi connectivity index (χ4n) is 2.05. The molecule has 0 atom stereocenters. The van der Waals surface area contributed by atoms with E-state index in [2.05, 4.69) is 0 Å². The van der Waals surface area contributed by atoms with Gasteiger partial charge in [-0.1, -0.05) is 12.1 Å². The van der Waals surface area contributed by atoms with Crippen molar-refractivity contribution in [3.8, 4) is 0 Å². The first kappa shape index (κ1) is 11.5. The molecule has 0 radical (unpaired) electrons. The average Bonchev–Trinajstić information content (AvgIpc) is 2.65. The molecule has 0 amide bonds. The molecule has 5 heteroatoms. The minimum atomic E-state index is -0.482. The Bertz CT molecular complexity index is 805. The number of fused-ring (bicyclic) bond motifs is 1. The quantitative estimate of drug-likeness (QED) is 0.718. The lowest BCUT2D eigenvalue weighted by Crippen LogP contribution is -2.14. The molecule has 0 saturated heterocycles. The summed E-state index contributed by atoms with van der Waals surface area (Å²) in [5.74, 6) is -0.813. The molecule has 0 aliphatic rings. The van der Waals surface area contributed by atoms with Crippen molar-refractivity contribution in [1.82, 2.24) is 4.57 Å². The van der Waals surface area contributed by atoms with Crippen LogP contribution in [0.25, 0.3) is 11.1 Å². The molecule has 1 aromatic heterocycles. The molecule has 3 rings (SSSR count). The van der Waals surface area contributed by atoms with Crippen LogP contribution in [0, 0.1) is 5.82 Å². The fourth-order valence-corrected chi connectivity index (χ4v) is 2.05. The number of nitrogens with two attached hydrogens (primary N) is 1. The minimum absolute atomic E-state index is 0.257. The number of rotatable bonds is 2. The predicted molar refractivity (Wildman–Crippen MR) is 70.4 cm³/mol. The standard InChI is InChI=1S/C14H11FN2O2/c15-10-3-1-2-9(6-10)8-17-12-5-4-11(16)7-13(12)19-14(17)18/h1-7H,8,16H2. The van der Waals surface area contributed by atoms with Crippen LogP contribution in [-0.2, 0) is 6.54 Å². The highest BCUT2D eigenvalue weighted by molar-refractivity contribution is 5.76. The maximum absolute atomic E-state index is 13.1. The van der Waals surface area contributed by atoms with E-state index in [1.807, 2.05) is 0 Å². The van der Waals surface area contributed by atoms with Crippen LogP contribution in [-0.4, -0.2) is 4.57 Å². The van der Waals surface area contributed by atoms with E-state index >= 15 is 0 Å². The molecule has 0 bridgehead atoms. The van der Waals surface area contributed by atoms with Gasteiger partial charge in [0.1, 0.15) is 5.82 Å². The van der Waals surface area contributed by atoms with E-state index < -0.39 is 5.76 Å². The van der Waals surface area contributed by atoms with Crippen molar-refractivity contribution >= 4 is 16.8 Å². The molecule has 0 unspecified atom stereocenters. The zero-order valence-electron chi connectivity index (χ0n) is 9.97. The van der Waals surface area contributed by atoms with Crippen LogP contribution in [0.4, 0.5) is 10.1 Å². The first-order chi connectivity index (χ1) is 9.13.